The van der Waals surface area contributed by atoms with Crippen LogP contribution in [0.1, 0.15) is 32.1 Å². The summed E-state index contributed by atoms with van der Waals surface area (Å²) in [4.78, 5) is 2.68. The van der Waals surface area contributed by atoms with Crippen LogP contribution in [-0.2, 0) is 4.74 Å². The summed E-state index contributed by atoms with van der Waals surface area (Å²) in [5.41, 5.74) is 6.21. The van der Waals surface area contributed by atoms with Gasteiger partial charge in [-0.3, -0.25) is 0 Å². The van der Waals surface area contributed by atoms with Crippen molar-refractivity contribution in [2.75, 3.05) is 32.8 Å². The van der Waals surface area contributed by atoms with Gasteiger partial charge >= 0.3 is 0 Å². The maximum absolute atomic E-state index is 6.21. The minimum absolute atomic E-state index is 0.366. The van der Waals surface area contributed by atoms with E-state index in [1.165, 1.54) is 45.3 Å². The summed E-state index contributed by atoms with van der Waals surface area (Å²) in [5.74, 6) is 2.52. The van der Waals surface area contributed by atoms with Gasteiger partial charge in [0.1, 0.15) is 0 Å². The third-order valence-corrected chi connectivity index (χ3v) is 4.95. The van der Waals surface area contributed by atoms with E-state index in [0.717, 1.165) is 31.5 Å². The van der Waals surface area contributed by atoms with Gasteiger partial charge in [0, 0.05) is 38.2 Å². The Morgan fingerprint density at radius 3 is 2.59 bits per heavy atom. The molecule has 2 N–H and O–H groups in total. The van der Waals surface area contributed by atoms with E-state index in [9.17, 15) is 0 Å². The molecule has 1 aliphatic carbocycles. The number of likely N-dealkylation sites (tertiary alicyclic amines) is 1. The van der Waals surface area contributed by atoms with Crippen molar-refractivity contribution < 1.29 is 4.74 Å². The van der Waals surface area contributed by atoms with Gasteiger partial charge < -0.3 is 15.4 Å². The number of fused-ring (bicyclic) bond motifs is 2. The minimum Gasteiger partial charge on any atom is -0.381 e. The van der Waals surface area contributed by atoms with Crippen LogP contribution in [0.2, 0.25) is 0 Å². The Hall–Kier alpha value is -0.120. The first-order valence-electron chi connectivity index (χ1n) is 7.37. The second-order valence-corrected chi connectivity index (χ2v) is 6.40. The van der Waals surface area contributed by atoms with Gasteiger partial charge in [-0.05, 0) is 37.5 Å². The largest absolute Gasteiger partial charge is 0.381 e. The summed E-state index contributed by atoms with van der Waals surface area (Å²) in [6, 6.07) is 0.366. The topological polar surface area (TPSA) is 38.5 Å². The van der Waals surface area contributed by atoms with Gasteiger partial charge in [-0.25, -0.2) is 0 Å². The monoisotopic (exact) mass is 238 g/mol. The second kappa shape index (κ2) is 5.25. The molecule has 17 heavy (non-hydrogen) atoms. The van der Waals surface area contributed by atoms with Crippen LogP contribution in [0.5, 0.6) is 0 Å². The van der Waals surface area contributed by atoms with Crippen LogP contribution in [-0.4, -0.2) is 43.8 Å². The van der Waals surface area contributed by atoms with E-state index in [2.05, 4.69) is 4.90 Å². The molecule has 0 aromatic rings. The summed E-state index contributed by atoms with van der Waals surface area (Å²) in [5, 5.41) is 0. The molecule has 1 saturated carbocycles. The van der Waals surface area contributed by atoms with E-state index in [1.54, 1.807) is 0 Å². The molecular weight excluding hydrogens is 212 g/mol. The molecule has 3 heteroatoms. The Balaban J connectivity index is 1.54. The lowest BCUT2D eigenvalue weighted by atomic mass is 9.77. The number of piperidine rings is 1. The zero-order valence-electron chi connectivity index (χ0n) is 10.8. The van der Waals surface area contributed by atoms with Gasteiger partial charge in [-0.1, -0.05) is 6.42 Å². The highest BCUT2D eigenvalue weighted by atomic mass is 16.5. The Morgan fingerprint density at radius 1 is 1.12 bits per heavy atom. The van der Waals surface area contributed by atoms with Crippen molar-refractivity contribution in [3.05, 3.63) is 0 Å². The number of ether oxygens (including phenoxy) is 1. The lowest BCUT2D eigenvalue weighted by Crippen LogP contribution is -2.49. The number of rotatable bonds is 2. The molecule has 3 aliphatic rings. The van der Waals surface area contributed by atoms with E-state index >= 15 is 0 Å². The number of hydrogen-bond donors (Lipinski definition) is 1. The Labute approximate surface area is 105 Å². The van der Waals surface area contributed by atoms with Crippen LogP contribution in [0.3, 0.4) is 0 Å². The van der Waals surface area contributed by atoms with E-state index in [-0.39, 0.29) is 0 Å². The fraction of sp³-hybridized carbons (Fsp3) is 1.00. The summed E-state index contributed by atoms with van der Waals surface area (Å²) in [6.45, 7) is 5.56. The van der Waals surface area contributed by atoms with Crippen molar-refractivity contribution in [1.29, 1.82) is 0 Å². The highest BCUT2D eigenvalue weighted by Crippen LogP contribution is 2.34. The molecule has 3 rings (SSSR count). The summed E-state index contributed by atoms with van der Waals surface area (Å²) in [7, 11) is 0. The molecule has 2 saturated heterocycles. The van der Waals surface area contributed by atoms with Crippen LogP contribution in [0.25, 0.3) is 0 Å². The van der Waals surface area contributed by atoms with Crippen LogP contribution in [0, 0.1) is 17.8 Å². The Bertz CT molecular complexity index is 247. The quantitative estimate of drug-likeness (QED) is 0.792. The predicted octanol–water partition coefficient (Wildman–Crippen LogP) is 1.47. The molecule has 4 unspecified atom stereocenters. The van der Waals surface area contributed by atoms with Gasteiger partial charge in [0.2, 0.25) is 0 Å². The first-order valence-corrected chi connectivity index (χ1v) is 7.37. The standard InChI is InChI=1S/C14H26N2O/c15-14-4-5-17-10-13(14)9-16-7-11-2-1-3-12(6-11)8-16/h11-14H,1-10,15H2. The van der Waals surface area contributed by atoms with Crippen LogP contribution in [0.15, 0.2) is 0 Å². The zero-order valence-corrected chi connectivity index (χ0v) is 10.8. The van der Waals surface area contributed by atoms with Gasteiger partial charge in [-0.15, -0.1) is 0 Å². The molecule has 3 fully saturated rings. The van der Waals surface area contributed by atoms with Crippen molar-refractivity contribution in [3.63, 3.8) is 0 Å². The van der Waals surface area contributed by atoms with Gasteiger partial charge in [-0.2, -0.15) is 0 Å². The first-order chi connectivity index (χ1) is 8.31. The molecule has 2 heterocycles. The van der Waals surface area contributed by atoms with E-state index < -0.39 is 0 Å². The Kier molecular flexibility index (Phi) is 3.69. The smallest absolute Gasteiger partial charge is 0.0521 e. The van der Waals surface area contributed by atoms with Crippen molar-refractivity contribution >= 4 is 0 Å². The fourth-order valence-corrected chi connectivity index (χ4v) is 4.02. The molecule has 0 aromatic heterocycles. The third kappa shape index (κ3) is 2.83. The molecule has 0 spiro atoms. The van der Waals surface area contributed by atoms with Gasteiger partial charge in [0.15, 0.2) is 0 Å². The van der Waals surface area contributed by atoms with Crippen molar-refractivity contribution in [2.45, 2.75) is 38.1 Å². The van der Waals surface area contributed by atoms with Crippen LogP contribution in [0.4, 0.5) is 0 Å². The first kappa shape index (κ1) is 11.9. The zero-order chi connectivity index (χ0) is 11.7. The molecule has 0 aromatic carbocycles. The van der Waals surface area contributed by atoms with Gasteiger partial charge in [0.05, 0.1) is 6.61 Å². The van der Waals surface area contributed by atoms with Crippen LogP contribution >= 0.6 is 0 Å². The molecule has 98 valence electrons. The highest BCUT2D eigenvalue weighted by molar-refractivity contribution is 4.86. The maximum Gasteiger partial charge on any atom is 0.0521 e. The van der Waals surface area contributed by atoms with Crippen molar-refractivity contribution in [2.24, 2.45) is 23.5 Å². The minimum atomic E-state index is 0.366. The second-order valence-electron chi connectivity index (χ2n) is 6.40. The van der Waals surface area contributed by atoms with E-state index in [0.29, 0.717) is 12.0 Å². The number of nitrogens with zero attached hydrogens (tertiary/aromatic N) is 1. The number of nitrogens with two attached hydrogens (primary N) is 1. The average molecular weight is 238 g/mol. The number of hydrogen-bond acceptors (Lipinski definition) is 3. The van der Waals surface area contributed by atoms with E-state index in [4.69, 9.17) is 10.5 Å². The lowest BCUT2D eigenvalue weighted by molar-refractivity contribution is 0.00666. The SMILES string of the molecule is NC1CCOCC1CN1CC2CCCC(C2)C1. The molecule has 0 radical (unpaired) electrons. The molecule has 4 atom stereocenters. The average Bonchev–Trinajstić information content (AvgIpc) is 2.32. The third-order valence-electron chi connectivity index (χ3n) is 4.95. The molecular formula is C14H26N2O. The molecule has 3 nitrogen and oxygen atoms in total. The molecule has 2 aliphatic heterocycles. The lowest BCUT2D eigenvalue weighted by Gasteiger charge is -2.43. The predicted molar refractivity (Wildman–Crippen MR) is 68.8 cm³/mol. The van der Waals surface area contributed by atoms with E-state index in [1.807, 2.05) is 0 Å². The van der Waals surface area contributed by atoms with Crippen molar-refractivity contribution in [1.82, 2.24) is 4.90 Å². The normalized spacial score (nSPS) is 43.6. The maximum atomic E-state index is 6.21. The fourth-order valence-electron chi connectivity index (χ4n) is 4.02. The summed E-state index contributed by atoms with van der Waals surface area (Å²) in [6.07, 6.45) is 6.92. The highest BCUT2D eigenvalue weighted by Gasteiger charge is 2.33. The summed E-state index contributed by atoms with van der Waals surface area (Å²) < 4.78 is 5.58. The van der Waals surface area contributed by atoms with Crippen LogP contribution < -0.4 is 5.73 Å². The summed E-state index contributed by atoms with van der Waals surface area (Å²) >= 11 is 0. The molecule has 0 amide bonds. The Morgan fingerprint density at radius 2 is 1.88 bits per heavy atom. The van der Waals surface area contributed by atoms with Gasteiger partial charge in [0.25, 0.3) is 0 Å². The van der Waals surface area contributed by atoms with Crippen molar-refractivity contribution in [3.8, 4) is 0 Å². The molecule has 2 bridgehead atoms.